The number of aryl methyl sites for hydroxylation is 1. The van der Waals surface area contributed by atoms with Crippen LogP contribution in [-0.2, 0) is 0 Å². The van der Waals surface area contributed by atoms with Gasteiger partial charge in [0.2, 0.25) is 0 Å². The lowest BCUT2D eigenvalue weighted by Gasteiger charge is -2.19. The van der Waals surface area contributed by atoms with Crippen molar-refractivity contribution in [1.82, 2.24) is 4.98 Å². The molecule has 0 saturated carbocycles. The number of fused-ring (bicyclic) bond motifs is 1. The zero-order valence-corrected chi connectivity index (χ0v) is 11.8. The third-order valence-electron chi connectivity index (χ3n) is 3.45. The molecule has 0 bridgehead atoms. The maximum Gasteiger partial charge on any atom is 0.132 e. The SMILES string of the molecule is Cc1cc2cc(C(CN)C(C)C)ccc2nc1Cl. The summed E-state index contributed by atoms with van der Waals surface area (Å²) in [6.45, 7) is 7.05. The van der Waals surface area contributed by atoms with Gasteiger partial charge in [0.1, 0.15) is 5.15 Å². The second-order valence-corrected chi connectivity index (χ2v) is 5.49. The molecule has 1 aromatic carbocycles. The van der Waals surface area contributed by atoms with Crippen molar-refractivity contribution in [1.29, 1.82) is 0 Å². The predicted octanol–water partition coefficient (Wildman–Crippen LogP) is 3.89. The molecule has 0 saturated heterocycles. The molecular formula is C15H19ClN2. The molecule has 0 radical (unpaired) electrons. The minimum absolute atomic E-state index is 0.394. The minimum Gasteiger partial charge on any atom is -0.330 e. The molecule has 2 N–H and O–H groups in total. The molecule has 2 aromatic rings. The standard InChI is InChI=1S/C15H19ClN2/c1-9(2)13(8-17)11-4-5-14-12(7-11)6-10(3)15(16)18-14/h4-7,9,13H,8,17H2,1-3H3. The Balaban J connectivity index is 2.53. The van der Waals surface area contributed by atoms with Gasteiger partial charge in [0.25, 0.3) is 0 Å². The molecule has 1 heterocycles. The highest BCUT2D eigenvalue weighted by molar-refractivity contribution is 6.30. The smallest absolute Gasteiger partial charge is 0.132 e. The Hall–Kier alpha value is -1.12. The Labute approximate surface area is 113 Å². The summed E-state index contributed by atoms with van der Waals surface area (Å²) < 4.78 is 0. The summed E-state index contributed by atoms with van der Waals surface area (Å²) in [5, 5.41) is 1.71. The van der Waals surface area contributed by atoms with Crippen LogP contribution in [-0.4, -0.2) is 11.5 Å². The van der Waals surface area contributed by atoms with E-state index in [1.54, 1.807) is 0 Å². The van der Waals surface area contributed by atoms with Crippen molar-refractivity contribution in [2.45, 2.75) is 26.7 Å². The first kappa shape index (κ1) is 13.3. The number of benzene rings is 1. The molecule has 3 heteroatoms. The number of nitrogens with two attached hydrogens (primary N) is 1. The first-order chi connectivity index (χ1) is 8.52. The van der Waals surface area contributed by atoms with Gasteiger partial charge in [-0.1, -0.05) is 31.5 Å². The van der Waals surface area contributed by atoms with Gasteiger partial charge in [0.05, 0.1) is 5.52 Å². The Morgan fingerprint density at radius 3 is 2.61 bits per heavy atom. The van der Waals surface area contributed by atoms with Crippen molar-refractivity contribution in [2.24, 2.45) is 11.7 Å². The Morgan fingerprint density at radius 1 is 1.28 bits per heavy atom. The molecule has 96 valence electrons. The second-order valence-electron chi connectivity index (χ2n) is 5.13. The van der Waals surface area contributed by atoms with Crippen molar-refractivity contribution in [3.8, 4) is 0 Å². The summed E-state index contributed by atoms with van der Waals surface area (Å²) in [5.41, 5.74) is 9.10. The molecular weight excluding hydrogens is 244 g/mol. The fraction of sp³-hybridized carbons (Fsp3) is 0.400. The van der Waals surface area contributed by atoms with E-state index >= 15 is 0 Å². The summed E-state index contributed by atoms with van der Waals surface area (Å²) in [6, 6.07) is 8.41. The number of nitrogens with zero attached hydrogens (tertiary/aromatic N) is 1. The van der Waals surface area contributed by atoms with E-state index in [-0.39, 0.29) is 0 Å². The van der Waals surface area contributed by atoms with Crippen LogP contribution in [0.2, 0.25) is 5.15 Å². The average molecular weight is 263 g/mol. The molecule has 0 amide bonds. The maximum absolute atomic E-state index is 6.04. The van der Waals surface area contributed by atoms with Crippen molar-refractivity contribution in [3.63, 3.8) is 0 Å². The van der Waals surface area contributed by atoms with Gasteiger partial charge in [-0.05, 0) is 54.6 Å². The van der Waals surface area contributed by atoms with Crippen LogP contribution >= 0.6 is 11.6 Å². The van der Waals surface area contributed by atoms with E-state index in [0.717, 1.165) is 16.5 Å². The Morgan fingerprint density at radius 2 is 2.00 bits per heavy atom. The van der Waals surface area contributed by atoms with Crippen LogP contribution in [0.4, 0.5) is 0 Å². The highest BCUT2D eigenvalue weighted by Crippen LogP contribution is 2.27. The van der Waals surface area contributed by atoms with Crippen LogP contribution in [0.3, 0.4) is 0 Å². The lowest BCUT2D eigenvalue weighted by molar-refractivity contribution is 0.507. The van der Waals surface area contributed by atoms with Crippen molar-refractivity contribution in [2.75, 3.05) is 6.54 Å². The summed E-state index contributed by atoms with van der Waals surface area (Å²) in [6.07, 6.45) is 0. The average Bonchev–Trinajstić information content (AvgIpc) is 2.31. The summed E-state index contributed by atoms with van der Waals surface area (Å²) in [7, 11) is 0. The molecule has 0 fully saturated rings. The van der Waals surface area contributed by atoms with Crippen LogP contribution in [0, 0.1) is 12.8 Å². The monoisotopic (exact) mass is 262 g/mol. The second kappa shape index (κ2) is 5.25. The predicted molar refractivity (Wildman–Crippen MR) is 78.1 cm³/mol. The molecule has 18 heavy (non-hydrogen) atoms. The van der Waals surface area contributed by atoms with E-state index in [4.69, 9.17) is 17.3 Å². The first-order valence-corrected chi connectivity index (χ1v) is 6.67. The first-order valence-electron chi connectivity index (χ1n) is 6.29. The Kier molecular flexibility index (Phi) is 3.88. The molecule has 0 spiro atoms. The van der Waals surface area contributed by atoms with Crippen LogP contribution in [0.25, 0.3) is 10.9 Å². The van der Waals surface area contributed by atoms with Gasteiger partial charge in [0.15, 0.2) is 0 Å². The number of pyridine rings is 1. The molecule has 1 unspecified atom stereocenters. The largest absolute Gasteiger partial charge is 0.330 e. The molecule has 1 atom stereocenters. The van der Waals surface area contributed by atoms with Crippen LogP contribution in [0.15, 0.2) is 24.3 Å². The molecule has 1 aromatic heterocycles. The Bertz CT molecular complexity index is 564. The van der Waals surface area contributed by atoms with E-state index in [1.807, 2.05) is 13.0 Å². The van der Waals surface area contributed by atoms with E-state index in [9.17, 15) is 0 Å². The lowest BCUT2D eigenvalue weighted by atomic mass is 9.88. The highest BCUT2D eigenvalue weighted by Gasteiger charge is 2.14. The van der Waals surface area contributed by atoms with Crippen molar-refractivity contribution in [3.05, 3.63) is 40.5 Å². The number of aromatic nitrogens is 1. The maximum atomic E-state index is 6.04. The van der Waals surface area contributed by atoms with E-state index in [2.05, 4.69) is 37.0 Å². The molecule has 2 rings (SSSR count). The minimum atomic E-state index is 0.394. The van der Waals surface area contributed by atoms with Crippen LogP contribution in [0.1, 0.15) is 30.9 Å². The third-order valence-corrected chi connectivity index (χ3v) is 3.84. The van der Waals surface area contributed by atoms with Gasteiger partial charge >= 0.3 is 0 Å². The molecule has 0 aliphatic rings. The van der Waals surface area contributed by atoms with Crippen LogP contribution in [0.5, 0.6) is 0 Å². The summed E-state index contributed by atoms with van der Waals surface area (Å²) in [5.74, 6) is 0.930. The van der Waals surface area contributed by atoms with Gasteiger partial charge in [0, 0.05) is 5.39 Å². The zero-order valence-electron chi connectivity index (χ0n) is 11.1. The molecule has 0 aliphatic carbocycles. The van der Waals surface area contributed by atoms with Gasteiger partial charge < -0.3 is 5.73 Å². The fourth-order valence-electron chi connectivity index (χ4n) is 2.30. The molecule has 0 aliphatic heterocycles. The number of halogens is 1. The number of rotatable bonds is 3. The third kappa shape index (κ3) is 2.50. The lowest BCUT2D eigenvalue weighted by Crippen LogP contribution is -2.17. The topological polar surface area (TPSA) is 38.9 Å². The van der Waals surface area contributed by atoms with Gasteiger partial charge in [-0.2, -0.15) is 0 Å². The zero-order chi connectivity index (χ0) is 13.3. The van der Waals surface area contributed by atoms with Gasteiger partial charge in [-0.15, -0.1) is 0 Å². The van der Waals surface area contributed by atoms with E-state index in [0.29, 0.717) is 23.5 Å². The summed E-state index contributed by atoms with van der Waals surface area (Å²) >= 11 is 6.04. The quantitative estimate of drug-likeness (QED) is 0.853. The fourth-order valence-corrected chi connectivity index (χ4v) is 2.45. The number of hydrogen-bond acceptors (Lipinski definition) is 2. The highest BCUT2D eigenvalue weighted by atomic mass is 35.5. The number of hydrogen-bond donors (Lipinski definition) is 1. The van der Waals surface area contributed by atoms with Gasteiger partial charge in [-0.25, -0.2) is 4.98 Å². The van der Waals surface area contributed by atoms with Crippen molar-refractivity contribution >= 4 is 22.5 Å². The van der Waals surface area contributed by atoms with Crippen molar-refractivity contribution < 1.29 is 0 Å². The summed E-state index contributed by atoms with van der Waals surface area (Å²) in [4.78, 5) is 4.38. The molecule has 2 nitrogen and oxygen atoms in total. The van der Waals surface area contributed by atoms with E-state index < -0.39 is 0 Å². The normalized spacial score (nSPS) is 13.2. The van der Waals surface area contributed by atoms with E-state index in [1.165, 1.54) is 5.56 Å². The van der Waals surface area contributed by atoms with Gasteiger partial charge in [-0.3, -0.25) is 0 Å². The van der Waals surface area contributed by atoms with Crippen LogP contribution < -0.4 is 5.73 Å².